The fraction of sp³-hybridized carbons (Fsp3) is 0.692. The highest BCUT2D eigenvalue weighted by Crippen LogP contribution is 2.19. The second-order valence-electron chi connectivity index (χ2n) is 5.57. The molecule has 0 radical (unpaired) electrons. The van der Waals surface area contributed by atoms with Crippen molar-refractivity contribution >= 4 is 5.91 Å². The maximum absolute atomic E-state index is 12.3. The average Bonchev–Trinajstić information content (AvgIpc) is 2.70. The summed E-state index contributed by atoms with van der Waals surface area (Å²) < 4.78 is 5.05. The maximum Gasteiger partial charge on any atom is 0.257 e. The number of aromatic nitrogens is 1. The Bertz CT molecular complexity index is 447. The molecule has 1 aromatic heterocycles. The lowest BCUT2D eigenvalue weighted by molar-refractivity contribution is -0.917. The van der Waals surface area contributed by atoms with Gasteiger partial charge in [-0.2, -0.15) is 0 Å². The van der Waals surface area contributed by atoms with Crippen LogP contribution in [0.2, 0.25) is 0 Å². The average molecular weight is 286 g/mol. The zero-order chi connectivity index (χ0) is 12.7. The van der Waals surface area contributed by atoms with E-state index < -0.39 is 0 Å². The summed E-state index contributed by atoms with van der Waals surface area (Å²) in [6, 6.07) is 0.323. The van der Waals surface area contributed by atoms with Gasteiger partial charge in [0.2, 0.25) is 0 Å². The van der Waals surface area contributed by atoms with Crippen molar-refractivity contribution < 1.29 is 26.6 Å². The van der Waals surface area contributed by atoms with E-state index in [4.69, 9.17) is 4.52 Å². The number of carbonyl (C=O) groups is 1. The molecule has 106 valence electrons. The third-order valence-corrected chi connectivity index (χ3v) is 4.39. The molecule has 2 bridgehead atoms. The van der Waals surface area contributed by atoms with Crippen LogP contribution >= 0.6 is 0 Å². The molecule has 3 fully saturated rings. The Hall–Kier alpha value is -1.07. The molecule has 4 rings (SSSR count). The van der Waals surface area contributed by atoms with Crippen LogP contribution in [0.15, 0.2) is 4.52 Å². The van der Waals surface area contributed by atoms with Crippen LogP contribution < -0.4 is 22.6 Å². The van der Waals surface area contributed by atoms with E-state index in [1.54, 1.807) is 11.8 Å². The van der Waals surface area contributed by atoms with Crippen molar-refractivity contribution in [1.29, 1.82) is 0 Å². The minimum atomic E-state index is -0.0237. The number of nitrogens with zero attached hydrogens (tertiary/aromatic N) is 1. The molecule has 1 atom stereocenters. The summed E-state index contributed by atoms with van der Waals surface area (Å²) in [5, 5.41) is 7.01. The first-order valence-corrected chi connectivity index (χ1v) is 6.72. The van der Waals surface area contributed by atoms with Crippen LogP contribution in [-0.2, 0) is 0 Å². The first kappa shape index (κ1) is 14.3. The summed E-state index contributed by atoms with van der Waals surface area (Å²) in [4.78, 5) is 13.9. The topological polar surface area (TPSA) is 59.6 Å². The molecule has 0 spiro atoms. The number of quaternary nitrogens is 1. The van der Waals surface area contributed by atoms with Gasteiger partial charge >= 0.3 is 0 Å². The number of amides is 1. The fourth-order valence-corrected chi connectivity index (χ4v) is 3.35. The minimum Gasteiger partial charge on any atom is -1.00 e. The molecule has 0 aliphatic carbocycles. The van der Waals surface area contributed by atoms with E-state index in [1.165, 1.54) is 25.9 Å². The number of rotatable bonds is 2. The highest BCUT2D eigenvalue weighted by atomic mass is 35.5. The van der Waals surface area contributed by atoms with E-state index in [0.29, 0.717) is 29.0 Å². The SMILES string of the molecule is Cc1noc(C)c1C(=O)NC1C[NH+]2CCC1CC2.[Cl-]. The van der Waals surface area contributed by atoms with Crippen molar-refractivity contribution in [3.63, 3.8) is 0 Å². The van der Waals surface area contributed by atoms with Crippen molar-refractivity contribution in [2.45, 2.75) is 32.7 Å². The number of hydrogen-bond acceptors (Lipinski definition) is 3. The fourth-order valence-electron chi connectivity index (χ4n) is 3.35. The van der Waals surface area contributed by atoms with Crippen molar-refractivity contribution in [3.8, 4) is 0 Å². The molecular weight excluding hydrogens is 266 g/mol. The molecule has 1 amide bonds. The van der Waals surface area contributed by atoms with Crippen molar-refractivity contribution in [3.05, 3.63) is 17.0 Å². The van der Waals surface area contributed by atoms with Gasteiger partial charge in [0.15, 0.2) is 0 Å². The number of carbonyl (C=O) groups excluding carboxylic acids is 1. The quantitative estimate of drug-likeness (QED) is 0.599. The lowest BCUT2D eigenvalue weighted by Crippen LogP contribution is -3.17. The summed E-state index contributed by atoms with van der Waals surface area (Å²) in [6.07, 6.45) is 2.48. The largest absolute Gasteiger partial charge is 1.00 e. The van der Waals surface area contributed by atoms with E-state index in [2.05, 4.69) is 10.5 Å². The molecule has 0 aromatic carbocycles. The van der Waals surface area contributed by atoms with Gasteiger partial charge < -0.3 is 27.1 Å². The summed E-state index contributed by atoms with van der Waals surface area (Å²) >= 11 is 0. The van der Waals surface area contributed by atoms with E-state index in [-0.39, 0.29) is 18.3 Å². The predicted octanol–water partition coefficient (Wildman–Crippen LogP) is -3.30. The van der Waals surface area contributed by atoms with Gasteiger partial charge in [-0.15, -0.1) is 0 Å². The third-order valence-electron chi connectivity index (χ3n) is 4.39. The van der Waals surface area contributed by atoms with Crippen LogP contribution in [0.5, 0.6) is 0 Å². The first-order chi connectivity index (χ1) is 8.65. The molecule has 1 aromatic rings. The standard InChI is InChI=1S/C13H19N3O2.ClH/c1-8-12(9(2)18-15-8)13(17)14-11-7-16-5-3-10(11)4-6-16;/h10-11H,3-7H2,1-2H3,(H,14,17);1H. The molecule has 5 nitrogen and oxygen atoms in total. The van der Waals surface area contributed by atoms with Gasteiger partial charge in [0.1, 0.15) is 11.3 Å². The van der Waals surface area contributed by atoms with Crippen LogP contribution in [0.3, 0.4) is 0 Å². The summed E-state index contributed by atoms with van der Waals surface area (Å²) in [5.41, 5.74) is 1.29. The summed E-state index contributed by atoms with van der Waals surface area (Å²) in [7, 11) is 0. The Morgan fingerprint density at radius 2 is 2.05 bits per heavy atom. The number of halogens is 1. The van der Waals surface area contributed by atoms with Crippen LogP contribution in [0.1, 0.15) is 34.7 Å². The minimum absolute atomic E-state index is 0. The zero-order valence-corrected chi connectivity index (χ0v) is 12.1. The first-order valence-electron chi connectivity index (χ1n) is 6.72. The van der Waals surface area contributed by atoms with E-state index in [1.807, 2.05) is 6.92 Å². The van der Waals surface area contributed by atoms with Gasteiger partial charge in [0.05, 0.1) is 31.4 Å². The molecular formula is C13H20ClN3O2. The Labute approximate surface area is 119 Å². The van der Waals surface area contributed by atoms with Crippen molar-refractivity contribution in [2.24, 2.45) is 5.92 Å². The monoisotopic (exact) mass is 285 g/mol. The molecule has 3 saturated heterocycles. The second-order valence-corrected chi connectivity index (χ2v) is 5.57. The van der Waals surface area contributed by atoms with Crippen LogP contribution in [0.4, 0.5) is 0 Å². The lowest BCUT2D eigenvalue weighted by Gasteiger charge is -2.42. The van der Waals surface area contributed by atoms with Gasteiger partial charge in [0, 0.05) is 12.8 Å². The zero-order valence-electron chi connectivity index (χ0n) is 11.3. The Morgan fingerprint density at radius 3 is 2.53 bits per heavy atom. The Kier molecular flexibility index (Phi) is 4.16. The molecule has 2 N–H and O–H groups in total. The van der Waals surface area contributed by atoms with E-state index >= 15 is 0 Å². The van der Waals surface area contributed by atoms with E-state index in [9.17, 15) is 4.79 Å². The number of aryl methyl sites for hydroxylation is 2. The lowest BCUT2D eigenvalue weighted by atomic mass is 9.84. The summed E-state index contributed by atoms with van der Waals surface area (Å²) in [6.45, 7) is 7.20. The van der Waals surface area contributed by atoms with Gasteiger partial charge in [-0.3, -0.25) is 4.79 Å². The number of piperidine rings is 3. The highest BCUT2D eigenvalue weighted by Gasteiger charge is 2.38. The molecule has 6 heteroatoms. The number of nitrogens with one attached hydrogen (secondary N) is 2. The van der Waals surface area contributed by atoms with Crippen LogP contribution in [-0.4, -0.2) is 36.7 Å². The Balaban J connectivity index is 0.00000133. The second kappa shape index (κ2) is 5.51. The maximum atomic E-state index is 12.3. The molecule has 19 heavy (non-hydrogen) atoms. The van der Waals surface area contributed by atoms with Gasteiger partial charge in [-0.05, 0) is 19.8 Å². The summed E-state index contributed by atoms with van der Waals surface area (Å²) in [5.74, 6) is 1.25. The highest BCUT2D eigenvalue weighted by molar-refractivity contribution is 5.96. The van der Waals surface area contributed by atoms with Crippen molar-refractivity contribution in [1.82, 2.24) is 10.5 Å². The Morgan fingerprint density at radius 1 is 1.37 bits per heavy atom. The smallest absolute Gasteiger partial charge is 0.257 e. The van der Waals surface area contributed by atoms with Gasteiger partial charge in [-0.1, -0.05) is 5.16 Å². The number of hydrogen-bond donors (Lipinski definition) is 2. The molecule has 3 aliphatic heterocycles. The molecule has 3 aliphatic rings. The molecule has 4 heterocycles. The number of fused-ring (bicyclic) bond motifs is 3. The third kappa shape index (κ3) is 2.62. The molecule has 1 unspecified atom stereocenters. The van der Waals surface area contributed by atoms with Crippen LogP contribution in [0, 0.1) is 19.8 Å². The van der Waals surface area contributed by atoms with Gasteiger partial charge in [0.25, 0.3) is 5.91 Å². The van der Waals surface area contributed by atoms with E-state index in [0.717, 1.165) is 6.54 Å². The van der Waals surface area contributed by atoms with Gasteiger partial charge in [-0.25, -0.2) is 0 Å². The molecule has 0 saturated carbocycles. The normalized spacial score (nSPS) is 28.8. The predicted molar refractivity (Wildman–Crippen MR) is 65.5 cm³/mol. The van der Waals surface area contributed by atoms with Crippen LogP contribution in [0.25, 0.3) is 0 Å². The van der Waals surface area contributed by atoms with Crippen molar-refractivity contribution in [2.75, 3.05) is 19.6 Å².